The fourth-order valence-electron chi connectivity index (χ4n) is 2.09. The van der Waals surface area contributed by atoms with Crippen LogP contribution in [0.2, 0.25) is 6.55 Å². The number of nitrogens with zero attached hydrogens (tertiary/aromatic N) is 1. The number of fused-ring (bicyclic) bond motifs is 1. The van der Waals surface area contributed by atoms with Crippen LogP contribution in [0.5, 0.6) is 0 Å². The molecule has 0 N–H and O–H groups in total. The van der Waals surface area contributed by atoms with E-state index in [2.05, 4.69) is 61.9 Å². The third-order valence-electron chi connectivity index (χ3n) is 2.84. The highest BCUT2D eigenvalue weighted by Crippen LogP contribution is 2.27. The summed E-state index contributed by atoms with van der Waals surface area (Å²) < 4.78 is 0. The maximum atomic E-state index is 2.26. The molecule has 2 radical (unpaired) electrons. The Hall–Kier alpha value is -1.28. The molecule has 0 saturated carbocycles. The van der Waals surface area contributed by atoms with Gasteiger partial charge in [-0.25, -0.2) is 0 Å². The van der Waals surface area contributed by atoms with Gasteiger partial charge < -0.3 is 4.90 Å². The van der Waals surface area contributed by atoms with Crippen molar-refractivity contribution in [3.63, 3.8) is 0 Å². The van der Waals surface area contributed by atoms with E-state index in [0.717, 1.165) is 9.52 Å². The van der Waals surface area contributed by atoms with Gasteiger partial charge in [0, 0.05) is 34.7 Å². The number of hydrogen-bond donors (Lipinski definition) is 0. The Kier molecular flexibility index (Phi) is 3.30. The molecule has 0 aromatic heterocycles. The van der Waals surface area contributed by atoms with Crippen molar-refractivity contribution >= 4 is 26.0 Å². The van der Waals surface area contributed by atoms with E-state index in [0.29, 0.717) is 0 Å². The van der Waals surface area contributed by atoms with E-state index >= 15 is 0 Å². The first-order valence-electron chi connectivity index (χ1n) is 5.56. The van der Waals surface area contributed by atoms with Gasteiger partial charge in [-0.15, -0.1) is 0 Å². The molecule has 0 aliphatic heterocycles. The van der Waals surface area contributed by atoms with Crippen molar-refractivity contribution in [1.82, 2.24) is 0 Å². The lowest BCUT2D eigenvalue weighted by Gasteiger charge is -2.16. The minimum absolute atomic E-state index is 0.976. The van der Waals surface area contributed by atoms with E-state index in [4.69, 9.17) is 0 Å². The highest BCUT2D eigenvalue weighted by Gasteiger charge is 2.05. The largest absolute Gasteiger partial charge is 0.377 e. The van der Waals surface area contributed by atoms with E-state index in [1.807, 2.05) is 0 Å². The first kappa shape index (κ1) is 11.2. The first-order valence-corrected chi connectivity index (χ1v) is 7.27. The van der Waals surface area contributed by atoms with Crippen molar-refractivity contribution in [2.24, 2.45) is 0 Å². The monoisotopic (exact) mass is 227 g/mol. The maximum Gasteiger partial charge on any atom is 0.0440 e. The second kappa shape index (κ2) is 4.70. The molecule has 0 bridgehead atoms. The molecule has 2 aromatic carbocycles. The molecule has 16 heavy (non-hydrogen) atoms. The topological polar surface area (TPSA) is 3.24 Å². The average molecular weight is 227 g/mol. The van der Waals surface area contributed by atoms with E-state index in [1.54, 1.807) is 0 Å². The molecule has 0 spiro atoms. The Morgan fingerprint density at radius 3 is 2.38 bits per heavy atom. The summed E-state index contributed by atoms with van der Waals surface area (Å²) in [7, 11) is 5.18. The Morgan fingerprint density at radius 2 is 1.69 bits per heavy atom. The van der Waals surface area contributed by atoms with Crippen LogP contribution in [-0.2, 0) is 6.04 Å². The number of hydrogen-bond acceptors (Lipinski definition) is 1. The quantitative estimate of drug-likeness (QED) is 0.728. The Morgan fingerprint density at radius 1 is 1.00 bits per heavy atom. The van der Waals surface area contributed by atoms with Crippen molar-refractivity contribution in [3.05, 3.63) is 42.0 Å². The van der Waals surface area contributed by atoms with Gasteiger partial charge in [-0.3, -0.25) is 0 Å². The van der Waals surface area contributed by atoms with Gasteiger partial charge in [0.1, 0.15) is 0 Å². The number of anilines is 1. The van der Waals surface area contributed by atoms with Gasteiger partial charge in [-0.2, -0.15) is 0 Å². The van der Waals surface area contributed by atoms with E-state index < -0.39 is 0 Å². The van der Waals surface area contributed by atoms with E-state index in [9.17, 15) is 0 Å². The van der Waals surface area contributed by atoms with Crippen LogP contribution in [0, 0.1) is 0 Å². The number of benzene rings is 2. The predicted octanol–water partition coefficient (Wildman–Crippen LogP) is 3.16. The van der Waals surface area contributed by atoms with Gasteiger partial charge in [0.15, 0.2) is 0 Å². The SMILES string of the molecule is C[Si]Cc1cccc2c(N(C)C)cccc12. The summed E-state index contributed by atoms with van der Waals surface area (Å²) in [6.45, 7) is 2.26. The van der Waals surface area contributed by atoms with Gasteiger partial charge in [-0.05, 0) is 23.1 Å². The van der Waals surface area contributed by atoms with Crippen molar-refractivity contribution < 1.29 is 0 Å². The minimum Gasteiger partial charge on any atom is -0.377 e. The smallest absolute Gasteiger partial charge is 0.0440 e. The molecule has 0 aliphatic rings. The second-order valence-electron chi connectivity index (χ2n) is 4.21. The zero-order valence-electron chi connectivity index (χ0n) is 10.1. The molecule has 0 saturated heterocycles. The highest BCUT2D eigenvalue weighted by atomic mass is 28.2. The summed E-state index contributed by atoms with van der Waals surface area (Å²) in [5.41, 5.74) is 2.78. The molecule has 0 fully saturated rings. The van der Waals surface area contributed by atoms with Crippen molar-refractivity contribution in [3.8, 4) is 0 Å². The highest BCUT2D eigenvalue weighted by molar-refractivity contribution is 6.33. The summed E-state index contributed by atoms with van der Waals surface area (Å²) in [5, 5.41) is 2.77. The first-order chi connectivity index (χ1) is 7.74. The van der Waals surface area contributed by atoms with Crippen LogP contribution < -0.4 is 4.90 Å². The maximum absolute atomic E-state index is 2.26. The summed E-state index contributed by atoms with van der Waals surface area (Å²) >= 11 is 0. The van der Waals surface area contributed by atoms with Gasteiger partial charge in [0.05, 0.1) is 0 Å². The van der Waals surface area contributed by atoms with Gasteiger partial charge in [0.2, 0.25) is 0 Å². The molecule has 2 aromatic rings. The van der Waals surface area contributed by atoms with Gasteiger partial charge >= 0.3 is 0 Å². The molecule has 1 nitrogen and oxygen atoms in total. The molecular weight excluding hydrogens is 210 g/mol. The molecule has 2 heteroatoms. The lowest BCUT2D eigenvalue weighted by atomic mass is 10.0. The molecule has 0 aliphatic carbocycles. The summed E-state index contributed by atoms with van der Waals surface area (Å²) in [6, 6.07) is 14.4. The minimum atomic E-state index is 0.976. The normalized spacial score (nSPS) is 10.7. The fraction of sp³-hybridized carbons (Fsp3) is 0.286. The van der Waals surface area contributed by atoms with Crippen LogP contribution in [-0.4, -0.2) is 23.6 Å². The standard InChI is InChI=1S/C14H17NSi/c1-15(2)14-9-5-7-12-11(10-16-3)6-4-8-13(12)14/h4-9H,10H2,1-3H3. The Bertz CT molecular complexity index is 491. The van der Waals surface area contributed by atoms with Crippen LogP contribution >= 0.6 is 0 Å². The molecule has 82 valence electrons. The van der Waals surface area contributed by atoms with Crippen molar-refractivity contribution in [2.45, 2.75) is 12.6 Å². The van der Waals surface area contributed by atoms with Gasteiger partial charge in [0.25, 0.3) is 0 Å². The van der Waals surface area contributed by atoms with Crippen LogP contribution in [0.15, 0.2) is 36.4 Å². The van der Waals surface area contributed by atoms with E-state index in [1.165, 1.54) is 28.1 Å². The summed E-state index contributed by atoms with van der Waals surface area (Å²) in [6.07, 6.45) is 0. The lowest BCUT2D eigenvalue weighted by Crippen LogP contribution is -2.09. The van der Waals surface area contributed by atoms with Crippen molar-refractivity contribution in [2.75, 3.05) is 19.0 Å². The zero-order chi connectivity index (χ0) is 11.5. The lowest BCUT2D eigenvalue weighted by molar-refractivity contribution is 1.14. The molecule has 2 rings (SSSR count). The van der Waals surface area contributed by atoms with Gasteiger partial charge in [-0.1, -0.05) is 36.9 Å². The summed E-state index contributed by atoms with van der Waals surface area (Å²) in [4.78, 5) is 2.18. The summed E-state index contributed by atoms with van der Waals surface area (Å²) in [5.74, 6) is 0. The van der Waals surface area contributed by atoms with Crippen LogP contribution in [0.1, 0.15) is 5.56 Å². The average Bonchev–Trinajstić information content (AvgIpc) is 2.29. The predicted molar refractivity (Wildman–Crippen MR) is 73.6 cm³/mol. The van der Waals surface area contributed by atoms with Crippen LogP contribution in [0.4, 0.5) is 5.69 Å². The molecular formula is C14H17NSi. The molecule has 0 atom stereocenters. The van der Waals surface area contributed by atoms with Crippen LogP contribution in [0.3, 0.4) is 0 Å². The second-order valence-corrected chi connectivity index (χ2v) is 5.27. The zero-order valence-corrected chi connectivity index (χ0v) is 11.1. The third kappa shape index (κ3) is 1.98. The van der Waals surface area contributed by atoms with Crippen molar-refractivity contribution in [1.29, 1.82) is 0 Å². The third-order valence-corrected chi connectivity index (χ3v) is 3.57. The fourth-order valence-corrected chi connectivity index (χ4v) is 2.78. The number of rotatable bonds is 3. The molecule has 0 heterocycles. The Balaban J connectivity index is 2.66. The Labute approximate surface area is 99.9 Å². The van der Waals surface area contributed by atoms with E-state index in [-0.39, 0.29) is 0 Å². The van der Waals surface area contributed by atoms with Crippen LogP contribution in [0.25, 0.3) is 10.8 Å². The molecule has 0 amide bonds. The molecule has 0 unspecified atom stereocenters.